The minimum Gasteiger partial charge on any atom is -0.366 e. The molecule has 1 saturated heterocycles. The van der Waals surface area contributed by atoms with E-state index in [1.807, 2.05) is 0 Å². The third kappa shape index (κ3) is 3.07. The van der Waals surface area contributed by atoms with E-state index in [1.165, 1.54) is 17.2 Å². The Labute approximate surface area is 126 Å². The average Bonchev–Trinajstić information content (AvgIpc) is 2.46. The van der Waals surface area contributed by atoms with Gasteiger partial charge in [-0.25, -0.2) is 0 Å². The van der Waals surface area contributed by atoms with Crippen molar-refractivity contribution < 1.29 is 19.6 Å². The number of hydroxylamine groups is 2. The van der Waals surface area contributed by atoms with Gasteiger partial charge in [0.25, 0.3) is 0 Å². The molecule has 0 bridgehead atoms. The van der Waals surface area contributed by atoms with Crippen LogP contribution in [0.4, 0.5) is 0 Å². The van der Waals surface area contributed by atoms with E-state index in [1.54, 1.807) is 0 Å². The van der Waals surface area contributed by atoms with Crippen LogP contribution >= 0.6 is 0 Å². The zero-order valence-corrected chi connectivity index (χ0v) is 11.9. The molecule has 1 fully saturated rings. The molecule has 0 unspecified atom stereocenters. The summed E-state index contributed by atoms with van der Waals surface area (Å²) in [4.78, 5) is 34.8. The van der Waals surface area contributed by atoms with Crippen LogP contribution < -0.4 is 17.2 Å². The van der Waals surface area contributed by atoms with Crippen LogP contribution in [0.3, 0.4) is 0 Å². The Morgan fingerprint density at radius 3 is 1.77 bits per heavy atom. The number of amides is 3. The summed E-state index contributed by atoms with van der Waals surface area (Å²) in [6.45, 7) is 0.803. The number of nitrogens with two attached hydrogens (primary N) is 3. The second kappa shape index (κ2) is 6.12. The van der Waals surface area contributed by atoms with Crippen LogP contribution in [0, 0.1) is 0 Å². The van der Waals surface area contributed by atoms with Crippen LogP contribution in [0.2, 0.25) is 0 Å². The standard InChI is InChI=1S/C14H18N4O4/c15-12(19)8-5-9(13(16)20)11(10(6-8)14(17)21)7-1-3-18(22)4-2-7/h5-7,22H,1-4H2,(H2,15,19)(H2,16,20)(H2,17,21). The van der Waals surface area contributed by atoms with Gasteiger partial charge in [0.1, 0.15) is 0 Å². The minimum absolute atomic E-state index is 0.00550. The smallest absolute Gasteiger partial charge is 0.249 e. The number of nitrogens with zero attached hydrogens (tertiary/aromatic N) is 1. The van der Waals surface area contributed by atoms with E-state index in [2.05, 4.69) is 0 Å². The Kier molecular flexibility index (Phi) is 4.43. The van der Waals surface area contributed by atoms with E-state index >= 15 is 0 Å². The van der Waals surface area contributed by atoms with Crippen molar-refractivity contribution in [3.8, 4) is 0 Å². The first kappa shape index (κ1) is 15.9. The summed E-state index contributed by atoms with van der Waals surface area (Å²) >= 11 is 0. The average molecular weight is 306 g/mol. The molecule has 2 rings (SSSR count). The number of rotatable bonds is 4. The second-order valence-corrected chi connectivity index (χ2v) is 5.31. The lowest BCUT2D eigenvalue weighted by Crippen LogP contribution is -2.32. The summed E-state index contributed by atoms with van der Waals surface area (Å²) in [5, 5.41) is 10.6. The molecular weight excluding hydrogens is 288 g/mol. The Hall–Kier alpha value is -2.45. The number of primary amides is 3. The number of benzene rings is 1. The largest absolute Gasteiger partial charge is 0.366 e. The van der Waals surface area contributed by atoms with Crippen molar-refractivity contribution in [1.29, 1.82) is 0 Å². The topological polar surface area (TPSA) is 153 Å². The lowest BCUT2D eigenvalue weighted by Gasteiger charge is -2.29. The van der Waals surface area contributed by atoms with Gasteiger partial charge in [0, 0.05) is 29.8 Å². The van der Waals surface area contributed by atoms with Gasteiger partial charge in [0.15, 0.2) is 0 Å². The zero-order chi connectivity index (χ0) is 16.4. The van der Waals surface area contributed by atoms with Gasteiger partial charge in [-0.1, -0.05) is 0 Å². The highest BCUT2D eigenvalue weighted by Gasteiger charge is 2.28. The first-order chi connectivity index (χ1) is 10.3. The number of hydrogen-bond acceptors (Lipinski definition) is 5. The SMILES string of the molecule is NC(=O)c1cc(C(N)=O)c(C2CCN(O)CC2)c(C(N)=O)c1. The van der Waals surface area contributed by atoms with E-state index in [0.717, 1.165) is 0 Å². The van der Waals surface area contributed by atoms with Crippen molar-refractivity contribution in [3.05, 3.63) is 34.4 Å². The molecule has 0 aromatic heterocycles. The van der Waals surface area contributed by atoms with Gasteiger partial charge in [0.2, 0.25) is 17.7 Å². The Bertz CT molecular complexity index is 601. The molecule has 3 amide bonds. The van der Waals surface area contributed by atoms with Crippen molar-refractivity contribution in [2.75, 3.05) is 13.1 Å². The maximum Gasteiger partial charge on any atom is 0.249 e. The van der Waals surface area contributed by atoms with Crippen LogP contribution in [-0.4, -0.2) is 41.1 Å². The van der Waals surface area contributed by atoms with Crippen molar-refractivity contribution >= 4 is 17.7 Å². The molecule has 0 atom stereocenters. The molecule has 22 heavy (non-hydrogen) atoms. The van der Waals surface area contributed by atoms with Crippen LogP contribution in [0.15, 0.2) is 12.1 Å². The van der Waals surface area contributed by atoms with Gasteiger partial charge >= 0.3 is 0 Å². The number of carbonyl (C=O) groups is 3. The highest BCUT2D eigenvalue weighted by Crippen LogP contribution is 2.33. The van der Waals surface area contributed by atoms with Crippen molar-refractivity contribution in [2.24, 2.45) is 17.2 Å². The highest BCUT2D eigenvalue weighted by atomic mass is 16.5. The van der Waals surface area contributed by atoms with Gasteiger partial charge < -0.3 is 22.4 Å². The molecule has 0 spiro atoms. The molecule has 8 nitrogen and oxygen atoms in total. The highest BCUT2D eigenvalue weighted by molar-refractivity contribution is 6.05. The van der Waals surface area contributed by atoms with Gasteiger partial charge in [-0.05, 0) is 36.5 Å². The van der Waals surface area contributed by atoms with Crippen molar-refractivity contribution in [3.63, 3.8) is 0 Å². The molecule has 1 aromatic carbocycles. The molecule has 1 heterocycles. The van der Waals surface area contributed by atoms with Crippen LogP contribution in [0.1, 0.15) is 55.4 Å². The summed E-state index contributed by atoms with van der Waals surface area (Å²) in [6, 6.07) is 2.58. The molecule has 0 saturated carbocycles. The third-order valence-corrected chi connectivity index (χ3v) is 3.88. The van der Waals surface area contributed by atoms with E-state index in [4.69, 9.17) is 17.2 Å². The van der Waals surface area contributed by atoms with Crippen LogP contribution in [-0.2, 0) is 0 Å². The predicted octanol–water partition coefficient (Wildman–Crippen LogP) is -0.448. The summed E-state index contributed by atoms with van der Waals surface area (Å²) in [7, 11) is 0. The summed E-state index contributed by atoms with van der Waals surface area (Å²) in [6.07, 6.45) is 1.07. The van der Waals surface area contributed by atoms with Crippen molar-refractivity contribution in [2.45, 2.75) is 18.8 Å². The molecule has 1 aliphatic heterocycles. The fourth-order valence-electron chi connectivity index (χ4n) is 2.80. The van der Waals surface area contributed by atoms with Crippen LogP contribution in [0.25, 0.3) is 0 Å². The van der Waals surface area contributed by atoms with Crippen LogP contribution in [0.5, 0.6) is 0 Å². The maximum atomic E-state index is 11.7. The fourth-order valence-corrected chi connectivity index (χ4v) is 2.80. The summed E-state index contributed by atoms with van der Waals surface area (Å²) < 4.78 is 0. The maximum absolute atomic E-state index is 11.7. The quantitative estimate of drug-likeness (QED) is 0.593. The number of carbonyl (C=O) groups excluding carboxylic acids is 3. The lowest BCUT2D eigenvalue weighted by atomic mass is 9.82. The molecular formula is C14H18N4O4. The minimum atomic E-state index is -0.776. The van der Waals surface area contributed by atoms with Crippen molar-refractivity contribution in [1.82, 2.24) is 5.06 Å². The summed E-state index contributed by atoms with van der Waals surface area (Å²) in [5.74, 6) is -2.45. The monoisotopic (exact) mass is 306 g/mol. The predicted molar refractivity (Wildman–Crippen MR) is 77.3 cm³/mol. The number of hydrogen-bond donors (Lipinski definition) is 4. The van der Waals surface area contributed by atoms with E-state index in [-0.39, 0.29) is 22.6 Å². The van der Waals surface area contributed by atoms with Gasteiger partial charge in [-0.2, -0.15) is 5.06 Å². The zero-order valence-electron chi connectivity index (χ0n) is 11.9. The van der Waals surface area contributed by atoms with E-state index < -0.39 is 17.7 Å². The fraction of sp³-hybridized carbons (Fsp3) is 0.357. The first-order valence-electron chi connectivity index (χ1n) is 6.82. The van der Waals surface area contributed by atoms with Gasteiger partial charge in [-0.3, -0.25) is 14.4 Å². The number of piperidine rings is 1. The molecule has 118 valence electrons. The Balaban J connectivity index is 2.61. The van der Waals surface area contributed by atoms with E-state index in [0.29, 0.717) is 31.5 Å². The molecule has 0 aliphatic carbocycles. The lowest BCUT2D eigenvalue weighted by molar-refractivity contribution is -0.106. The van der Waals surface area contributed by atoms with E-state index in [9.17, 15) is 19.6 Å². The molecule has 1 aromatic rings. The molecule has 1 aliphatic rings. The Morgan fingerprint density at radius 2 is 1.41 bits per heavy atom. The second-order valence-electron chi connectivity index (χ2n) is 5.31. The summed E-state index contributed by atoms with van der Waals surface area (Å²) in [5.41, 5.74) is 16.6. The first-order valence-corrected chi connectivity index (χ1v) is 6.82. The van der Waals surface area contributed by atoms with Gasteiger partial charge in [0.05, 0.1) is 0 Å². The third-order valence-electron chi connectivity index (χ3n) is 3.88. The molecule has 8 heteroatoms. The normalized spacial score (nSPS) is 16.4. The molecule has 7 N–H and O–H groups in total. The van der Waals surface area contributed by atoms with Gasteiger partial charge in [-0.15, -0.1) is 0 Å². The molecule has 0 radical (unpaired) electrons. The Morgan fingerprint density at radius 1 is 0.955 bits per heavy atom.